The van der Waals surface area contributed by atoms with Crippen molar-refractivity contribution < 1.29 is 22.7 Å². The van der Waals surface area contributed by atoms with Crippen LogP contribution in [0.4, 0.5) is 5.69 Å². The zero-order valence-electron chi connectivity index (χ0n) is 14.7. The van der Waals surface area contributed by atoms with Crippen LogP contribution in [-0.4, -0.2) is 26.8 Å². The zero-order valence-corrected chi connectivity index (χ0v) is 15.5. The lowest BCUT2D eigenvalue weighted by molar-refractivity contribution is -0.143. The topological polar surface area (TPSA) is 89.5 Å². The normalized spacial score (nSPS) is 11.0. The van der Waals surface area contributed by atoms with Gasteiger partial charge >= 0.3 is 5.97 Å². The molecule has 2 aromatic carbocycles. The van der Waals surface area contributed by atoms with Crippen molar-refractivity contribution in [3.63, 3.8) is 0 Å². The molecular formula is C19H21NO5S. The summed E-state index contributed by atoms with van der Waals surface area (Å²) < 4.78 is 32.3. The van der Waals surface area contributed by atoms with E-state index < -0.39 is 16.0 Å². The first kappa shape index (κ1) is 19.7. The molecule has 7 heteroatoms. The molecule has 0 aliphatic heterocycles. The number of ether oxygens (including phenoxy) is 1. The molecule has 2 aromatic rings. The molecule has 1 N–H and O–H groups in total. The Kier molecular flexibility index (Phi) is 6.52. The summed E-state index contributed by atoms with van der Waals surface area (Å²) in [6, 6.07) is 12.7. The van der Waals surface area contributed by atoms with Crippen LogP contribution < -0.4 is 4.72 Å². The van der Waals surface area contributed by atoms with E-state index in [-0.39, 0.29) is 41.4 Å². The third-order valence-electron chi connectivity index (χ3n) is 3.66. The summed E-state index contributed by atoms with van der Waals surface area (Å²) in [5.41, 5.74) is 1.34. The lowest BCUT2D eigenvalue weighted by Crippen LogP contribution is -2.16. The van der Waals surface area contributed by atoms with E-state index in [1.807, 2.05) is 6.92 Å². The lowest BCUT2D eigenvalue weighted by atomic mass is 10.1. The van der Waals surface area contributed by atoms with Crippen LogP contribution in [0.2, 0.25) is 0 Å². The van der Waals surface area contributed by atoms with Gasteiger partial charge in [-0.15, -0.1) is 0 Å². The van der Waals surface area contributed by atoms with Gasteiger partial charge in [-0.1, -0.05) is 29.8 Å². The van der Waals surface area contributed by atoms with Crippen molar-refractivity contribution in [2.24, 2.45) is 0 Å². The number of hydrogen-bond acceptors (Lipinski definition) is 5. The highest BCUT2D eigenvalue weighted by molar-refractivity contribution is 7.92. The Morgan fingerprint density at radius 2 is 1.65 bits per heavy atom. The molecule has 6 nitrogen and oxygen atoms in total. The molecule has 0 saturated heterocycles. The molecule has 0 radical (unpaired) electrons. The third-order valence-corrected chi connectivity index (χ3v) is 5.05. The fourth-order valence-corrected chi connectivity index (χ4v) is 3.40. The highest BCUT2D eigenvalue weighted by atomic mass is 32.2. The summed E-state index contributed by atoms with van der Waals surface area (Å²) in [7, 11) is -3.82. The SMILES string of the molecule is CCOC(=O)CCC(=O)c1ccccc1NS(=O)(=O)c1ccc(C)cc1. The van der Waals surface area contributed by atoms with Crippen molar-refractivity contribution >= 4 is 27.5 Å². The zero-order chi connectivity index (χ0) is 19.2. The van der Waals surface area contributed by atoms with Crippen molar-refractivity contribution in [3.8, 4) is 0 Å². The number of sulfonamides is 1. The van der Waals surface area contributed by atoms with Gasteiger partial charge in [0.15, 0.2) is 5.78 Å². The molecule has 2 rings (SSSR count). The minimum atomic E-state index is -3.82. The largest absolute Gasteiger partial charge is 0.466 e. The van der Waals surface area contributed by atoms with Crippen LogP contribution in [0.5, 0.6) is 0 Å². The molecule has 0 heterocycles. The minimum Gasteiger partial charge on any atom is -0.466 e. The molecule has 0 spiro atoms. The van der Waals surface area contributed by atoms with Crippen molar-refractivity contribution in [3.05, 3.63) is 59.7 Å². The minimum absolute atomic E-state index is 0.0499. The molecule has 0 aromatic heterocycles. The molecule has 0 aliphatic rings. The fourth-order valence-electron chi connectivity index (χ4n) is 2.32. The molecule has 0 fully saturated rings. The molecule has 0 aliphatic carbocycles. The number of para-hydroxylation sites is 1. The van der Waals surface area contributed by atoms with Crippen LogP contribution in [0.15, 0.2) is 53.4 Å². The van der Waals surface area contributed by atoms with Gasteiger partial charge in [0.05, 0.1) is 23.6 Å². The van der Waals surface area contributed by atoms with Crippen molar-refractivity contribution in [2.45, 2.75) is 31.6 Å². The Morgan fingerprint density at radius 3 is 2.31 bits per heavy atom. The van der Waals surface area contributed by atoms with Crippen LogP contribution in [0.1, 0.15) is 35.7 Å². The van der Waals surface area contributed by atoms with Crippen LogP contribution in [0, 0.1) is 6.92 Å². The maximum Gasteiger partial charge on any atom is 0.306 e. The average molecular weight is 375 g/mol. The molecule has 0 atom stereocenters. The van der Waals surface area contributed by atoms with Crippen LogP contribution in [-0.2, 0) is 19.6 Å². The van der Waals surface area contributed by atoms with Gasteiger partial charge < -0.3 is 4.74 Å². The second kappa shape index (κ2) is 8.62. The molecule has 0 unspecified atom stereocenters. The summed E-state index contributed by atoms with van der Waals surface area (Å²) in [5, 5.41) is 0. The average Bonchev–Trinajstić information content (AvgIpc) is 2.60. The van der Waals surface area contributed by atoms with Crippen LogP contribution in [0.25, 0.3) is 0 Å². The monoisotopic (exact) mass is 375 g/mol. The predicted molar refractivity (Wildman–Crippen MR) is 98.6 cm³/mol. The van der Waals surface area contributed by atoms with Gasteiger partial charge in [-0.3, -0.25) is 14.3 Å². The lowest BCUT2D eigenvalue weighted by Gasteiger charge is -2.12. The summed E-state index contributed by atoms with van der Waals surface area (Å²) in [5.74, 6) is -0.793. The second-order valence-corrected chi connectivity index (χ2v) is 7.37. The van der Waals surface area contributed by atoms with Gasteiger partial charge in [0, 0.05) is 12.0 Å². The number of hydrogen-bond donors (Lipinski definition) is 1. The number of ketones is 1. The van der Waals surface area contributed by atoms with Crippen LogP contribution in [0.3, 0.4) is 0 Å². The van der Waals surface area contributed by atoms with Gasteiger partial charge in [-0.05, 0) is 38.1 Å². The Labute approximate surface area is 153 Å². The fraction of sp³-hybridized carbons (Fsp3) is 0.263. The summed E-state index contributed by atoms with van der Waals surface area (Å²) in [6.07, 6.45) is -0.103. The van der Waals surface area contributed by atoms with Crippen molar-refractivity contribution in [2.75, 3.05) is 11.3 Å². The summed E-state index contributed by atoms with van der Waals surface area (Å²) in [4.78, 5) is 23.9. The first-order valence-electron chi connectivity index (χ1n) is 8.21. The van der Waals surface area contributed by atoms with Gasteiger partial charge in [0.2, 0.25) is 0 Å². The predicted octanol–water partition coefficient (Wildman–Crippen LogP) is 3.32. The van der Waals surface area contributed by atoms with E-state index in [1.54, 1.807) is 31.2 Å². The first-order valence-corrected chi connectivity index (χ1v) is 9.69. The highest BCUT2D eigenvalue weighted by Gasteiger charge is 2.19. The maximum absolute atomic E-state index is 12.5. The number of benzene rings is 2. The van der Waals surface area contributed by atoms with E-state index in [4.69, 9.17) is 4.74 Å². The molecular weight excluding hydrogens is 354 g/mol. The molecule has 138 valence electrons. The Bertz CT molecular complexity index is 888. The van der Waals surface area contributed by atoms with Crippen LogP contribution >= 0.6 is 0 Å². The third kappa shape index (κ3) is 5.16. The summed E-state index contributed by atoms with van der Waals surface area (Å²) in [6.45, 7) is 3.80. The number of carbonyl (C=O) groups excluding carboxylic acids is 2. The van der Waals surface area contributed by atoms with Gasteiger partial charge in [-0.25, -0.2) is 8.42 Å². The first-order chi connectivity index (χ1) is 12.3. The number of rotatable bonds is 8. The quantitative estimate of drug-likeness (QED) is 0.565. The standard InChI is InChI=1S/C19H21NO5S/c1-3-25-19(22)13-12-18(21)16-6-4-5-7-17(16)20-26(23,24)15-10-8-14(2)9-11-15/h4-11,20H,3,12-13H2,1-2H3. The van der Waals surface area contributed by atoms with E-state index in [0.29, 0.717) is 0 Å². The van der Waals surface area contributed by atoms with Crippen molar-refractivity contribution in [1.82, 2.24) is 0 Å². The number of Topliss-reactive ketones (excluding diaryl/α,β-unsaturated/α-hetero) is 1. The molecule has 0 amide bonds. The Morgan fingerprint density at radius 1 is 1.00 bits per heavy atom. The van der Waals surface area contributed by atoms with E-state index >= 15 is 0 Å². The van der Waals surface area contributed by atoms with Gasteiger partial charge in [0.1, 0.15) is 0 Å². The van der Waals surface area contributed by atoms with Gasteiger partial charge in [0.25, 0.3) is 10.0 Å². The maximum atomic E-state index is 12.5. The number of aryl methyl sites for hydroxylation is 1. The molecule has 26 heavy (non-hydrogen) atoms. The van der Waals surface area contributed by atoms with E-state index in [2.05, 4.69) is 4.72 Å². The smallest absolute Gasteiger partial charge is 0.306 e. The van der Waals surface area contributed by atoms with Gasteiger partial charge in [-0.2, -0.15) is 0 Å². The molecule has 0 saturated carbocycles. The molecule has 0 bridgehead atoms. The number of carbonyl (C=O) groups is 2. The van der Waals surface area contributed by atoms with E-state index in [0.717, 1.165) is 5.56 Å². The Balaban J connectivity index is 2.19. The Hall–Kier alpha value is -2.67. The second-order valence-electron chi connectivity index (χ2n) is 5.69. The van der Waals surface area contributed by atoms with Crippen molar-refractivity contribution in [1.29, 1.82) is 0 Å². The number of nitrogens with one attached hydrogen (secondary N) is 1. The van der Waals surface area contributed by atoms with E-state index in [9.17, 15) is 18.0 Å². The summed E-state index contributed by atoms with van der Waals surface area (Å²) >= 11 is 0. The highest BCUT2D eigenvalue weighted by Crippen LogP contribution is 2.22. The number of anilines is 1. The number of esters is 1. The van der Waals surface area contributed by atoms with E-state index in [1.165, 1.54) is 24.3 Å².